The third-order valence-electron chi connectivity index (χ3n) is 3.81. The number of hydrogen-bond donors (Lipinski definition) is 2. The van der Waals surface area contributed by atoms with E-state index in [4.69, 9.17) is 4.74 Å². The molecule has 0 aliphatic heterocycles. The van der Waals surface area contributed by atoms with Gasteiger partial charge in [-0.25, -0.2) is 4.79 Å². The lowest BCUT2D eigenvalue weighted by molar-refractivity contribution is 0.0522. The van der Waals surface area contributed by atoms with Gasteiger partial charge in [-0.15, -0.1) is 0 Å². The van der Waals surface area contributed by atoms with E-state index in [0.717, 1.165) is 19.3 Å². The third kappa shape index (κ3) is 4.47. The molecule has 0 aromatic carbocycles. The molecule has 124 valence electrons. The highest BCUT2D eigenvalue weighted by Crippen LogP contribution is 2.29. The summed E-state index contributed by atoms with van der Waals surface area (Å²) in [5.41, 5.74) is 2.14. The van der Waals surface area contributed by atoms with E-state index in [1.165, 1.54) is 11.3 Å². The summed E-state index contributed by atoms with van der Waals surface area (Å²) in [7, 11) is 1.99. The molecule has 0 spiro atoms. The molecular weight excluding hydrogens is 280 g/mol. The summed E-state index contributed by atoms with van der Waals surface area (Å²) in [6, 6.07) is 0.483. The van der Waals surface area contributed by atoms with Gasteiger partial charge in [0.15, 0.2) is 0 Å². The summed E-state index contributed by atoms with van der Waals surface area (Å²) in [5, 5.41) is 10.8. The molecule has 1 heterocycles. The van der Waals surface area contributed by atoms with Crippen LogP contribution in [0.15, 0.2) is 6.20 Å². The Kier molecular flexibility index (Phi) is 5.11. The smallest absolute Gasteiger partial charge is 0.407 e. The standard InChI is InChI=1S/C16H28N4O2/c1-11(9-17-15(21)22-16(2,3)4)19-13-7-6-8-14-12(13)10-18-20(14)5/h10-11,13,19H,6-9H2,1-5H3,(H,17,21). The van der Waals surface area contributed by atoms with E-state index in [-0.39, 0.29) is 12.1 Å². The molecule has 1 aromatic rings. The fraction of sp³-hybridized carbons (Fsp3) is 0.750. The van der Waals surface area contributed by atoms with Crippen LogP contribution in [0.4, 0.5) is 4.79 Å². The van der Waals surface area contributed by atoms with Gasteiger partial charge >= 0.3 is 6.09 Å². The minimum absolute atomic E-state index is 0.170. The SMILES string of the molecule is CC(CNC(=O)OC(C)(C)C)NC1CCCc2c1cnn2C. The minimum Gasteiger partial charge on any atom is -0.444 e. The van der Waals surface area contributed by atoms with Crippen LogP contribution in [-0.4, -0.2) is 34.1 Å². The molecule has 2 atom stereocenters. The van der Waals surface area contributed by atoms with Crippen molar-refractivity contribution in [1.29, 1.82) is 0 Å². The van der Waals surface area contributed by atoms with Gasteiger partial charge in [-0.3, -0.25) is 4.68 Å². The van der Waals surface area contributed by atoms with Crippen molar-refractivity contribution in [3.63, 3.8) is 0 Å². The van der Waals surface area contributed by atoms with Crippen LogP contribution in [0.1, 0.15) is 57.8 Å². The Hall–Kier alpha value is -1.56. The van der Waals surface area contributed by atoms with E-state index in [1.807, 2.05) is 38.7 Å². The highest BCUT2D eigenvalue weighted by atomic mass is 16.6. The number of aryl methyl sites for hydroxylation is 1. The monoisotopic (exact) mass is 308 g/mol. The minimum atomic E-state index is -0.464. The summed E-state index contributed by atoms with van der Waals surface area (Å²) < 4.78 is 7.21. The lowest BCUT2D eigenvalue weighted by atomic mass is 9.92. The Balaban J connectivity index is 1.83. The average molecular weight is 308 g/mol. The molecule has 22 heavy (non-hydrogen) atoms. The van der Waals surface area contributed by atoms with E-state index in [2.05, 4.69) is 22.7 Å². The summed E-state index contributed by atoms with van der Waals surface area (Å²) in [6.07, 6.45) is 4.95. The van der Waals surface area contributed by atoms with Crippen molar-refractivity contribution >= 4 is 6.09 Å². The summed E-state index contributed by atoms with van der Waals surface area (Å²) >= 11 is 0. The molecule has 2 N–H and O–H groups in total. The van der Waals surface area contributed by atoms with E-state index in [9.17, 15) is 4.79 Å². The molecule has 0 radical (unpaired) electrons. The van der Waals surface area contributed by atoms with Gasteiger partial charge in [0.2, 0.25) is 0 Å². The first-order valence-corrected chi connectivity index (χ1v) is 8.00. The molecule has 2 unspecified atom stereocenters. The molecule has 1 aliphatic rings. The van der Waals surface area contributed by atoms with Crippen molar-refractivity contribution in [3.05, 3.63) is 17.5 Å². The Morgan fingerprint density at radius 2 is 2.27 bits per heavy atom. The van der Waals surface area contributed by atoms with Crippen molar-refractivity contribution < 1.29 is 9.53 Å². The fourth-order valence-corrected chi connectivity index (χ4v) is 2.83. The molecule has 0 saturated heterocycles. The lowest BCUT2D eigenvalue weighted by Crippen LogP contribution is -2.42. The second-order valence-corrected chi connectivity index (χ2v) is 7.07. The number of hydrogen-bond acceptors (Lipinski definition) is 4. The zero-order chi connectivity index (χ0) is 16.3. The van der Waals surface area contributed by atoms with E-state index in [1.54, 1.807) is 0 Å². The largest absolute Gasteiger partial charge is 0.444 e. The zero-order valence-electron chi connectivity index (χ0n) is 14.3. The number of carbonyl (C=O) groups is 1. The molecule has 0 fully saturated rings. The number of ether oxygens (including phenoxy) is 1. The molecule has 6 heteroatoms. The molecule has 1 aromatic heterocycles. The van der Waals surface area contributed by atoms with Crippen molar-refractivity contribution in [3.8, 4) is 0 Å². The number of amides is 1. The van der Waals surface area contributed by atoms with Crippen LogP contribution in [0.25, 0.3) is 0 Å². The summed E-state index contributed by atoms with van der Waals surface area (Å²) in [4.78, 5) is 11.7. The number of fused-ring (bicyclic) bond motifs is 1. The van der Waals surface area contributed by atoms with Crippen LogP contribution in [0.2, 0.25) is 0 Å². The quantitative estimate of drug-likeness (QED) is 0.895. The molecule has 0 saturated carbocycles. The van der Waals surface area contributed by atoms with Crippen LogP contribution in [-0.2, 0) is 18.2 Å². The van der Waals surface area contributed by atoms with E-state index < -0.39 is 5.60 Å². The molecule has 1 amide bonds. The molecule has 0 bridgehead atoms. The number of nitrogens with zero attached hydrogens (tertiary/aromatic N) is 2. The normalized spacial score (nSPS) is 19.4. The van der Waals surface area contributed by atoms with Gasteiger partial charge in [0, 0.05) is 36.9 Å². The van der Waals surface area contributed by atoms with Crippen molar-refractivity contribution in [2.24, 2.45) is 7.05 Å². The van der Waals surface area contributed by atoms with Crippen molar-refractivity contribution in [1.82, 2.24) is 20.4 Å². The topological polar surface area (TPSA) is 68.2 Å². The van der Waals surface area contributed by atoms with Gasteiger partial charge < -0.3 is 15.4 Å². The second-order valence-electron chi connectivity index (χ2n) is 7.07. The predicted octanol–water partition coefficient (Wildman–Crippen LogP) is 2.30. The maximum atomic E-state index is 11.7. The number of carbonyl (C=O) groups excluding carboxylic acids is 1. The highest BCUT2D eigenvalue weighted by molar-refractivity contribution is 5.67. The Labute approximate surface area is 132 Å². The third-order valence-corrected chi connectivity index (χ3v) is 3.81. The van der Waals surface area contributed by atoms with E-state index in [0.29, 0.717) is 12.6 Å². The van der Waals surface area contributed by atoms with Gasteiger partial charge in [0.05, 0.1) is 6.20 Å². The number of rotatable bonds is 4. The van der Waals surface area contributed by atoms with Gasteiger partial charge in [0.25, 0.3) is 0 Å². The van der Waals surface area contributed by atoms with Crippen LogP contribution in [0.3, 0.4) is 0 Å². The zero-order valence-corrected chi connectivity index (χ0v) is 14.3. The average Bonchev–Trinajstić information content (AvgIpc) is 2.78. The number of alkyl carbamates (subject to hydrolysis) is 1. The van der Waals surface area contributed by atoms with Crippen LogP contribution >= 0.6 is 0 Å². The second kappa shape index (κ2) is 6.69. The van der Waals surface area contributed by atoms with Crippen molar-refractivity contribution in [2.75, 3.05) is 6.54 Å². The number of aromatic nitrogens is 2. The Bertz CT molecular complexity index is 519. The molecule has 6 nitrogen and oxygen atoms in total. The first kappa shape index (κ1) is 16.8. The van der Waals surface area contributed by atoms with Crippen LogP contribution < -0.4 is 10.6 Å². The first-order chi connectivity index (χ1) is 10.3. The Morgan fingerprint density at radius 1 is 1.55 bits per heavy atom. The maximum absolute atomic E-state index is 11.7. The van der Waals surface area contributed by atoms with E-state index >= 15 is 0 Å². The van der Waals surface area contributed by atoms with Crippen LogP contribution in [0.5, 0.6) is 0 Å². The van der Waals surface area contributed by atoms with Gasteiger partial charge in [-0.2, -0.15) is 5.10 Å². The molecule has 2 rings (SSSR count). The van der Waals surface area contributed by atoms with Gasteiger partial charge in [-0.05, 0) is 47.0 Å². The highest BCUT2D eigenvalue weighted by Gasteiger charge is 2.24. The van der Waals surface area contributed by atoms with Gasteiger partial charge in [0.1, 0.15) is 5.60 Å². The Morgan fingerprint density at radius 3 is 2.95 bits per heavy atom. The van der Waals surface area contributed by atoms with Crippen LogP contribution in [0, 0.1) is 0 Å². The van der Waals surface area contributed by atoms with Gasteiger partial charge in [-0.1, -0.05) is 0 Å². The molecular formula is C16H28N4O2. The molecule has 1 aliphatic carbocycles. The predicted molar refractivity (Wildman–Crippen MR) is 85.7 cm³/mol. The first-order valence-electron chi connectivity index (χ1n) is 8.00. The fourth-order valence-electron chi connectivity index (χ4n) is 2.83. The lowest BCUT2D eigenvalue weighted by Gasteiger charge is -2.27. The van der Waals surface area contributed by atoms with Crippen molar-refractivity contribution in [2.45, 2.75) is 64.6 Å². The maximum Gasteiger partial charge on any atom is 0.407 e. The summed E-state index contributed by atoms with van der Waals surface area (Å²) in [5.74, 6) is 0. The number of nitrogens with one attached hydrogen (secondary N) is 2. The summed E-state index contributed by atoms with van der Waals surface area (Å²) in [6.45, 7) is 8.20.